The number of nitrogens with zero attached hydrogens (tertiary/aromatic N) is 1. The van der Waals surface area contributed by atoms with Crippen molar-refractivity contribution in [2.45, 2.75) is 113 Å². The van der Waals surface area contributed by atoms with Gasteiger partial charge in [-0.2, -0.15) is 6.92 Å². The Hall–Kier alpha value is -0.444. The van der Waals surface area contributed by atoms with Gasteiger partial charge in [0.2, 0.25) is 5.24 Å². The summed E-state index contributed by atoms with van der Waals surface area (Å²) in [4.78, 5) is 34.6. The molecule has 2 atom stereocenters. The normalized spacial score (nSPS) is 12.5. The summed E-state index contributed by atoms with van der Waals surface area (Å²) < 4.78 is 14.0. The number of rotatable bonds is 11. The van der Waals surface area contributed by atoms with Crippen molar-refractivity contribution in [1.29, 1.82) is 0 Å². The summed E-state index contributed by atoms with van der Waals surface area (Å²) in [7, 11) is 0. The van der Waals surface area contributed by atoms with E-state index in [0.29, 0.717) is 11.1 Å². The molecule has 3 aromatic rings. The van der Waals surface area contributed by atoms with Crippen molar-refractivity contribution in [2.24, 2.45) is 0 Å². The average Bonchev–Trinajstić information content (AvgIpc) is 3.82. The van der Waals surface area contributed by atoms with Gasteiger partial charge in [-0.05, 0) is 207 Å². The standard InChI is InChI=1S/C14H17IO2.C10H13IO.C8H7IO.C6H15N.C4H5ClO.C4H8O.C2H5.BrH.Mg/c1-5-14(4,17-13(16)10(2)3)11-6-8-12(15)9-7-11;1-3-10(2,12)8-4-6-9(11)7-5-8;1-6(10)7-2-4-8(9)5-3-7;1-4-7(5-2)6-3;1-3(2)4(5)6;1-2-4-5-3-1;1-2;;/h6-9H,2,5H2,1,3-4H3;4-7,12H,3H2,1-2H3;2-5H,1H3;4-6H2,1-3H3;1H2,2H3;1-4H2;1H2,2H3;1H;/q;;;;;;-1;;+2/p-1. The molecule has 1 fully saturated rings. The molecule has 1 aliphatic heterocycles. The zero-order valence-corrected chi connectivity index (χ0v) is 48.7. The van der Waals surface area contributed by atoms with Gasteiger partial charge >= 0.3 is 29.0 Å². The molecule has 1 saturated heterocycles. The number of carbonyl (C=O) groups is 3. The molecule has 0 aliphatic carbocycles. The minimum atomic E-state index is -0.676. The second kappa shape index (κ2) is 41.0. The molecule has 0 spiro atoms. The van der Waals surface area contributed by atoms with Crippen LogP contribution in [0.1, 0.15) is 123 Å². The van der Waals surface area contributed by atoms with Crippen LogP contribution in [-0.4, -0.2) is 82.9 Å². The summed E-state index contributed by atoms with van der Waals surface area (Å²) in [6.07, 6.45) is 4.03. The second-order valence-corrected chi connectivity index (χ2v) is 17.5. The zero-order valence-electron chi connectivity index (χ0n) is 38.4. The minimum Gasteiger partial charge on any atom is -1.00 e. The number of Topliss-reactive ketones (excluding diaryl/α,β-unsaturated/α-hetero) is 1. The van der Waals surface area contributed by atoms with E-state index < -0.39 is 16.4 Å². The smallest absolute Gasteiger partial charge is 1.00 e. The summed E-state index contributed by atoms with van der Waals surface area (Å²) in [5.41, 5.74) is 2.33. The van der Waals surface area contributed by atoms with E-state index in [-0.39, 0.29) is 51.8 Å². The number of hydrogen-bond acceptors (Lipinski definition) is 7. The van der Waals surface area contributed by atoms with Gasteiger partial charge in [0.05, 0.1) is 5.60 Å². The van der Waals surface area contributed by atoms with Crippen molar-refractivity contribution in [1.82, 2.24) is 4.90 Å². The van der Waals surface area contributed by atoms with E-state index in [9.17, 15) is 19.5 Å². The predicted octanol–water partition coefficient (Wildman–Crippen LogP) is 10.4. The van der Waals surface area contributed by atoms with Gasteiger partial charge in [0.1, 0.15) is 5.60 Å². The van der Waals surface area contributed by atoms with Crippen molar-refractivity contribution >= 4 is 119 Å². The maximum Gasteiger partial charge on any atom is 2.00 e. The molecule has 2 unspecified atom stereocenters. The third kappa shape index (κ3) is 34.6. The summed E-state index contributed by atoms with van der Waals surface area (Å²) in [5.74, 6) is -0.218. The Morgan fingerprint density at radius 1 is 0.721 bits per heavy atom. The van der Waals surface area contributed by atoms with E-state index in [1.165, 1.54) is 36.0 Å². The molecular weight excluding hydrogens is 1210 g/mol. The topological polar surface area (TPSA) is 93.1 Å². The molecule has 0 saturated carbocycles. The molecular formula is C48H70BrClI3MgNO6. The van der Waals surface area contributed by atoms with Gasteiger partial charge in [-0.1, -0.05) is 84.2 Å². The number of aliphatic hydroxyl groups is 1. The number of benzene rings is 3. The van der Waals surface area contributed by atoms with E-state index in [0.717, 1.165) is 49.9 Å². The van der Waals surface area contributed by atoms with E-state index in [1.54, 1.807) is 27.7 Å². The predicted molar refractivity (Wildman–Crippen MR) is 282 cm³/mol. The number of ether oxygens (including phenoxy) is 2. The molecule has 0 bridgehead atoms. The number of allylic oxidation sites excluding steroid dienone is 1. The van der Waals surface area contributed by atoms with E-state index in [4.69, 9.17) is 21.1 Å². The van der Waals surface area contributed by atoms with Crippen LogP contribution in [0.5, 0.6) is 0 Å². The van der Waals surface area contributed by atoms with Crippen LogP contribution in [0.15, 0.2) is 97.1 Å². The van der Waals surface area contributed by atoms with Crippen molar-refractivity contribution in [3.8, 4) is 0 Å². The number of carbonyl (C=O) groups excluding carboxylic acids is 3. The molecule has 0 amide bonds. The first-order valence-corrected chi connectivity index (χ1v) is 23.5. The average molecular weight is 1280 g/mol. The molecule has 3 aromatic carbocycles. The van der Waals surface area contributed by atoms with Gasteiger partial charge in [-0.3, -0.25) is 9.59 Å². The van der Waals surface area contributed by atoms with E-state index in [1.807, 2.05) is 100 Å². The van der Waals surface area contributed by atoms with Gasteiger partial charge < -0.3 is 43.4 Å². The Kier molecular flexibility index (Phi) is 46.8. The minimum absolute atomic E-state index is 0. The van der Waals surface area contributed by atoms with Crippen LogP contribution < -0.4 is 17.0 Å². The number of ketones is 1. The van der Waals surface area contributed by atoms with Gasteiger partial charge in [0.25, 0.3) is 0 Å². The van der Waals surface area contributed by atoms with Crippen molar-refractivity contribution < 1.29 is 45.9 Å². The molecule has 4 rings (SSSR count). The first-order valence-electron chi connectivity index (χ1n) is 19.9. The van der Waals surface area contributed by atoms with Crippen LogP contribution in [0.4, 0.5) is 0 Å². The van der Waals surface area contributed by atoms with Crippen LogP contribution in [0.25, 0.3) is 0 Å². The Morgan fingerprint density at radius 3 is 1.30 bits per heavy atom. The SMILES string of the molecule is C1CCOC1.C=C(C)C(=O)Cl.C=C(C)C(=O)OC(C)(CC)c1ccc(I)cc1.CC(=O)c1ccc(I)cc1.CCC(C)(O)c1ccc(I)cc1.CCN(CC)CC.[Br-].[CH2-]C.[Mg+2]. The number of esters is 1. The summed E-state index contributed by atoms with van der Waals surface area (Å²) in [6.45, 7) is 36.6. The van der Waals surface area contributed by atoms with Crippen LogP contribution in [0.2, 0.25) is 0 Å². The maximum atomic E-state index is 11.6. The molecule has 1 heterocycles. The quantitative estimate of drug-likeness (QED) is 0.0389. The van der Waals surface area contributed by atoms with E-state index >= 15 is 0 Å². The number of halogens is 5. The largest absolute Gasteiger partial charge is 2.00 e. The van der Waals surface area contributed by atoms with Crippen LogP contribution in [0.3, 0.4) is 0 Å². The van der Waals surface area contributed by atoms with Crippen LogP contribution in [-0.2, 0) is 30.3 Å². The van der Waals surface area contributed by atoms with Gasteiger partial charge in [0, 0.05) is 40.6 Å². The first-order chi connectivity index (χ1) is 27.6. The van der Waals surface area contributed by atoms with Gasteiger partial charge in [0.15, 0.2) is 5.78 Å². The fourth-order valence-corrected chi connectivity index (χ4v) is 5.39. The Labute approximate surface area is 442 Å². The first kappa shape index (κ1) is 69.6. The molecule has 61 heavy (non-hydrogen) atoms. The maximum absolute atomic E-state index is 11.6. The van der Waals surface area contributed by atoms with E-state index in [2.05, 4.69) is 114 Å². The van der Waals surface area contributed by atoms with Crippen molar-refractivity contribution in [3.63, 3.8) is 0 Å². The van der Waals surface area contributed by atoms with Crippen molar-refractivity contribution in [3.05, 3.63) is 131 Å². The Balaban J connectivity index is -0.000000212. The molecule has 0 aromatic heterocycles. The third-order valence-corrected chi connectivity index (χ3v) is 11.2. The Bertz CT molecular complexity index is 1590. The zero-order chi connectivity index (χ0) is 46.2. The summed E-state index contributed by atoms with van der Waals surface area (Å²) in [5, 5.41) is 9.42. The third-order valence-electron chi connectivity index (χ3n) is 8.71. The molecule has 1 N–H and O–H groups in total. The fourth-order valence-electron chi connectivity index (χ4n) is 4.31. The molecule has 7 nitrogen and oxygen atoms in total. The molecule has 340 valence electrons. The number of hydrogen-bond donors (Lipinski definition) is 1. The molecule has 13 heteroatoms. The molecule has 0 radical (unpaired) electrons. The monoisotopic (exact) mass is 1280 g/mol. The van der Waals surface area contributed by atoms with Crippen LogP contribution in [0, 0.1) is 17.6 Å². The second-order valence-electron chi connectivity index (χ2n) is 13.5. The molecule has 1 aliphatic rings. The van der Waals surface area contributed by atoms with Crippen molar-refractivity contribution in [2.75, 3.05) is 32.8 Å². The fraction of sp³-hybridized carbons (Fsp3) is 0.458. The van der Waals surface area contributed by atoms with Crippen LogP contribution >= 0.6 is 79.4 Å². The summed E-state index contributed by atoms with van der Waals surface area (Å²) in [6, 6.07) is 23.5. The van der Waals surface area contributed by atoms with Gasteiger partial charge in [-0.25, -0.2) is 4.79 Å². The summed E-state index contributed by atoms with van der Waals surface area (Å²) >= 11 is 11.6. The van der Waals surface area contributed by atoms with Gasteiger partial charge in [-0.15, -0.1) is 0 Å². The Morgan fingerprint density at radius 2 is 1.07 bits per heavy atom.